The summed E-state index contributed by atoms with van der Waals surface area (Å²) >= 11 is 20.6. The van der Waals surface area contributed by atoms with Crippen LogP contribution in [0.4, 0.5) is 34.1 Å². The van der Waals surface area contributed by atoms with E-state index >= 15 is 14.4 Å². The Morgan fingerprint density at radius 1 is 0.220 bits per heavy atom. The lowest BCUT2D eigenvalue weighted by atomic mass is 9.95. The van der Waals surface area contributed by atoms with Crippen LogP contribution < -0.4 is 31.9 Å². The third-order valence-electron chi connectivity index (χ3n) is 27.6. The highest BCUT2D eigenvalue weighted by Crippen LogP contribution is 2.64. The van der Waals surface area contributed by atoms with E-state index in [1.165, 1.54) is 211 Å². The minimum Gasteiger partial charge on any atom is -0.320 e. The zero-order valence-corrected chi connectivity index (χ0v) is 101. The number of allylic oxidation sites excluding steroid dienone is 6. The van der Waals surface area contributed by atoms with Gasteiger partial charge in [-0.05, 0) is 255 Å². The molecule has 12 heterocycles. The van der Waals surface area contributed by atoms with Gasteiger partial charge in [-0.1, -0.05) is 381 Å². The zero-order chi connectivity index (χ0) is 107. The fraction of sp³-hybridized carbons (Fsp3) is 0.500. The number of thioether (sulfide) groups is 12. The summed E-state index contributed by atoms with van der Waals surface area (Å²) in [5.74, 6) is 4.90. The normalized spacial score (nSPS) is 16.2. The van der Waals surface area contributed by atoms with E-state index in [1.807, 2.05) is 86.8 Å². The maximum absolute atomic E-state index is 15.6. The van der Waals surface area contributed by atoms with Crippen molar-refractivity contribution in [2.75, 3.05) is 31.9 Å². The summed E-state index contributed by atoms with van der Waals surface area (Å²) in [5, 5.41) is 24.4. The first-order valence-corrected chi connectivity index (χ1v) is 64.5. The van der Waals surface area contributed by atoms with Crippen molar-refractivity contribution in [1.29, 1.82) is 0 Å². The smallest absolute Gasteiger partial charge is 0.263 e. The fourth-order valence-corrected chi connectivity index (χ4v) is 34.5. The van der Waals surface area contributed by atoms with Crippen LogP contribution >= 0.6 is 141 Å². The van der Waals surface area contributed by atoms with Crippen molar-refractivity contribution in [3.8, 4) is 34.2 Å². The standard InChI is InChI=1S/C120H156N12O6S12/c1-73(2)31-19-37-79(13)49-55-94-95(56-50-80(14)38-20-32-74(3)4)143-118(142-94)115-139-70-100(148-115)112(136)130-91-46-28-64-124-106(91)103-88(43-25-61-121-103)127-109(133)85-67-86(110(134)128-89-44-26-62-122-104(89)107-92(47-29-65-125-107)131-113(137)101-71-140-116(149-101)119-144-96(57-51-81(15)39-21-33-75(5)6)97(145-119)58-52-82(16)40-22-34-76(7)8)69-87(68-85)111(135)129-90-45-27-63-123-105(90)108-93(48-30-66-126-108)132-114(138)102-72-141-117(150-102)120-146-98(59-53-83(17)41-23-35-77(9)10)99(147-120)60-54-84(18)42-24-36-78(11)12/h25-30,43-48,61-84H,19-24,31-42,49-60H2,1-18H3,(H,127,133)(H,128,134)(H,129,135)(H,130,136)(H,131,137)(H,132,138)/t79-,80-,81-,82-,83-,84-/m0/s1. The molecule has 18 nitrogen and oxygen atoms in total. The number of pyridine rings is 6. The van der Waals surface area contributed by atoms with Gasteiger partial charge in [0.05, 0.1) is 74.3 Å². The molecule has 30 heteroatoms. The van der Waals surface area contributed by atoms with Crippen LogP contribution in [-0.4, -0.2) is 65.3 Å². The Morgan fingerprint density at radius 3 is 0.567 bits per heavy atom. The van der Waals surface area contributed by atoms with Crippen LogP contribution in [0.2, 0.25) is 0 Å². The van der Waals surface area contributed by atoms with E-state index in [1.54, 1.807) is 145 Å². The molecule has 804 valence electrons. The topological polar surface area (TPSA) is 252 Å². The second-order valence-electron chi connectivity index (χ2n) is 43.7. The minimum atomic E-state index is -0.725. The second kappa shape index (κ2) is 60.9. The molecule has 0 fully saturated rings. The minimum absolute atomic E-state index is 0.0971. The van der Waals surface area contributed by atoms with Gasteiger partial charge in [-0.25, -0.2) is 0 Å². The third kappa shape index (κ3) is 37.2. The first-order chi connectivity index (χ1) is 72.2. The number of carbonyl (C=O) groups excluding carboxylic acids is 6. The lowest BCUT2D eigenvalue weighted by molar-refractivity contribution is -0.113. The number of aromatic nitrogens is 6. The quantitative estimate of drug-likeness (QED) is 0.0207. The maximum atomic E-state index is 15.6. The van der Waals surface area contributed by atoms with E-state index in [0.717, 1.165) is 89.8 Å². The summed E-state index contributed by atoms with van der Waals surface area (Å²) in [6.07, 6.45) is 45.2. The molecule has 13 rings (SSSR count). The summed E-state index contributed by atoms with van der Waals surface area (Å²) in [6, 6.07) is 24.7. The molecule has 150 heavy (non-hydrogen) atoms. The second-order valence-corrected chi connectivity index (χ2v) is 57.7. The molecule has 0 radical (unpaired) electrons. The number of hydrogen-bond acceptors (Lipinski definition) is 24. The molecule has 1 aromatic carbocycles. The van der Waals surface area contributed by atoms with Gasteiger partial charge in [-0.2, -0.15) is 0 Å². The first-order valence-electron chi connectivity index (χ1n) is 54.6. The van der Waals surface area contributed by atoms with Crippen molar-refractivity contribution in [3.05, 3.63) is 231 Å². The largest absolute Gasteiger partial charge is 0.320 e. The Labute approximate surface area is 945 Å². The highest BCUT2D eigenvalue weighted by Gasteiger charge is 2.36. The summed E-state index contributed by atoms with van der Waals surface area (Å²) < 4.78 is 6.93. The van der Waals surface area contributed by atoms with Gasteiger partial charge >= 0.3 is 0 Å². The van der Waals surface area contributed by atoms with Crippen LogP contribution in [0.5, 0.6) is 0 Å². The van der Waals surface area contributed by atoms with E-state index in [9.17, 15) is 14.4 Å². The van der Waals surface area contributed by atoms with Crippen molar-refractivity contribution >= 4 is 211 Å². The number of nitrogens with zero attached hydrogens (tertiary/aromatic N) is 6. The predicted molar refractivity (Wildman–Crippen MR) is 659 cm³/mol. The lowest BCUT2D eigenvalue weighted by Crippen LogP contribution is -2.20. The Bertz CT molecular complexity index is 5450. The fourth-order valence-electron chi connectivity index (χ4n) is 18.5. The van der Waals surface area contributed by atoms with E-state index in [-0.39, 0.29) is 85.6 Å². The average Bonchev–Trinajstić information content (AvgIpc) is 1.45. The summed E-state index contributed by atoms with van der Waals surface area (Å²) in [4.78, 5) is 130. The first kappa shape index (κ1) is 120. The lowest BCUT2D eigenvalue weighted by Gasteiger charge is -2.16. The SMILES string of the molecule is CC(C)CCC[C@H](C)CCC1=C(CC[C@@H](C)CCCC(C)C)SC(=C2SC=C(C(=O)Nc3cccnc3-c3ncccc3NC(=O)c3cc(C(=O)Nc4cccnc4-c4ncccc4NC(=O)C4=CSC(=C5SC(CC[C@@H](C)CCCC(C)C)=C(CC[C@@H](C)CCCC(C)C)S5)S4)cc(C(=O)Nc4cccnc4-c4ncccc4NC(=O)C4=CSC(=C5SC(CC[C@@H](C)CCCC(C)C)=C(CC[C@@H](C)CCCC(C)C)S5)S4)c3)S2)S1. The molecule has 0 saturated heterocycles. The molecule has 0 bridgehead atoms. The molecule has 0 unspecified atom stereocenters. The van der Waals surface area contributed by atoms with Gasteiger partial charge in [-0.3, -0.25) is 58.7 Å². The molecule has 6 aliphatic heterocycles. The van der Waals surface area contributed by atoms with Gasteiger partial charge < -0.3 is 31.9 Å². The third-order valence-corrected chi connectivity index (χ3v) is 44.7. The number of amides is 6. The average molecular weight is 2250 g/mol. The van der Waals surface area contributed by atoms with E-state index in [4.69, 9.17) is 29.9 Å². The summed E-state index contributed by atoms with van der Waals surface area (Å²) in [7, 11) is 0. The Hall–Kier alpha value is -7.20. The van der Waals surface area contributed by atoms with Crippen molar-refractivity contribution < 1.29 is 28.8 Å². The Kier molecular flexibility index (Phi) is 48.7. The number of hydrogen-bond donors (Lipinski definition) is 6. The zero-order valence-electron chi connectivity index (χ0n) is 91.0. The number of benzene rings is 1. The van der Waals surface area contributed by atoms with Crippen LogP contribution in [0.1, 0.15) is 348 Å². The number of carbonyl (C=O) groups is 6. The van der Waals surface area contributed by atoms with E-state index in [2.05, 4.69) is 157 Å². The number of nitrogens with one attached hydrogen (secondary N) is 6. The van der Waals surface area contributed by atoms with Crippen LogP contribution in [0.3, 0.4) is 0 Å². The van der Waals surface area contributed by atoms with E-state index in [0.29, 0.717) is 103 Å². The number of anilines is 6. The van der Waals surface area contributed by atoms with Crippen LogP contribution in [0.25, 0.3) is 34.2 Å². The summed E-state index contributed by atoms with van der Waals surface area (Å²) in [5.41, 5.74) is 2.95. The molecule has 0 aliphatic carbocycles. The van der Waals surface area contributed by atoms with Crippen molar-refractivity contribution in [2.45, 2.75) is 317 Å². The van der Waals surface area contributed by atoms with Gasteiger partial charge in [0.15, 0.2) is 0 Å². The van der Waals surface area contributed by atoms with Crippen molar-refractivity contribution in [3.63, 3.8) is 0 Å². The van der Waals surface area contributed by atoms with Crippen molar-refractivity contribution in [2.24, 2.45) is 71.0 Å². The highest BCUT2D eigenvalue weighted by molar-refractivity contribution is 8.35. The maximum Gasteiger partial charge on any atom is 0.263 e. The monoisotopic (exact) mass is 2240 g/mol. The van der Waals surface area contributed by atoms with Gasteiger partial charge in [0.1, 0.15) is 34.2 Å². The molecule has 0 saturated carbocycles. The molecule has 6 N–H and O–H groups in total. The van der Waals surface area contributed by atoms with Crippen LogP contribution in [0, 0.1) is 71.0 Å². The van der Waals surface area contributed by atoms with E-state index < -0.39 is 17.7 Å². The highest BCUT2D eigenvalue weighted by atomic mass is 32.2. The molecular formula is C120H156N12O6S12. The van der Waals surface area contributed by atoms with Crippen molar-refractivity contribution in [1.82, 2.24) is 29.9 Å². The Balaban J connectivity index is 0.744. The molecule has 6 amide bonds. The van der Waals surface area contributed by atoms with Gasteiger partial charge in [0, 0.05) is 83.3 Å². The van der Waals surface area contributed by atoms with Gasteiger partial charge in [0.25, 0.3) is 35.4 Å². The predicted octanol–water partition coefficient (Wildman–Crippen LogP) is 38.5. The number of rotatable bonds is 57. The molecule has 0 spiro atoms. The van der Waals surface area contributed by atoms with Crippen LogP contribution in [0.15, 0.2) is 214 Å². The molecule has 6 aliphatic rings. The van der Waals surface area contributed by atoms with Crippen LogP contribution in [-0.2, 0) is 14.4 Å². The molecule has 6 atom stereocenters. The summed E-state index contributed by atoms with van der Waals surface area (Å²) in [6.45, 7) is 42.1. The molecular weight excluding hydrogens is 2090 g/mol. The Morgan fingerprint density at radius 2 is 0.393 bits per heavy atom. The molecule has 7 aromatic rings. The van der Waals surface area contributed by atoms with Gasteiger partial charge in [-0.15, -0.1) is 0 Å². The molecule has 6 aromatic heterocycles. The van der Waals surface area contributed by atoms with Gasteiger partial charge in [0.2, 0.25) is 0 Å².